The number of rotatable bonds is 6. The number of likely N-dealkylation sites (tertiary alicyclic amines) is 1. The summed E-state index contributed by atoms with van der Waals surface area (Å²) in [5.41, 5.74) is 0. The number of esters is 1. The third kappa shape index (κ3) is 4.10. The fraction of sp³-hybridized carbons (Fsp3) is 0.917. The van der Waals surface area contributed by atoms with Gasteiger partial charge in [0.2, 0.25) is 0 Å². The van der Waals surface area contributed by atoms with Crippen molar-refractivity contribution in [3.8, 4) is 0 Å². The van der Waals surface area contributed by atoms with E-state index >= 15 is 0 Å². The second kappa shape index (κ2) is 6.86. The van der Waals surface area contributed by atoms with Gasteiger partial charge in [-0.2, -0.15) is 0 Å². The summed E-state index contributed by atoms with van der Waals surface area (Å²) in [7, 11) is 1.38. The molecule has 1 atom stereocenters. The largest absolute Gasteiger partial charge is 0.467 e. The molecule has 0 aromatic heterocycles. The van der Waals surface area contributed by atoms with Gasteiger partial charge in [0.15, 0.2) is 0 Å². The Morgan fingerprint density at radius 2 is 2.25 bits per heavy atom. The minimum absolute atomic E-state index is 0.0743. The van der Waals surface area contributed by atoms with Crippen LogP contribution in [0.3, 0.4) is 0 Å². The molecule has 1 fully saturated rings. The van der Waals surface area contributed by atoms with Crippen LogP contribution in [0.4, 0.5) is 0 Å². The van der Waals surface area contributed by atoms with Gasteiger partial charge in [-0.15, -0.1) is 0 Å². The van der Waals surface area contributed by atoms with E-state index < -0.39 is 0 Å². The Balaban J connectivity index is 2.14. The van der Waals surface area contributed by atoms with Gasteiger partial charge in [-0.1, -0.05) is 0 Å². The topological polar surface area (TPSA) is 38.8 Å². The molecule has 1 aliphatic heterocycles. The lowest BCUT2D eigenvalue weighted by atomic mass is 10.1. The molecule has 0 aromatic carbocycles. The molecule has 4 heteroatoms. The van der Waals surface area contributed by atoms with E-state index in [4.69, 9.17) is 4.74 Å². The molecule has 0 bridgehead atoms. The van der Waals surface area contributed by atoms with Crippen molar-refractivity contribution in [3.05, 3.63) is 0 Å². The maximum atomic E-state index is 10.8. The zero-order valence-electron chi connectivity index (χ0n) is 10.6. The summed E-state index contributed by atoms with van der Waals surface area (Å²) >= 11 is 0. The van der Waals surface area contributed by atoms with Gasteiger partial charge in [0, 0.05) is 18.7 Å². The van der Waals surface area contributed by atoms with E-state index in [0.717, 1.165) is 6.42 Å². The second-order valence-corrected chi connectivity index (χ2v) is 4.55. The summed E-state index contributed by atoms with van der Waals surface area (Å²) in [6.45, 7) is 6.37. The smallest absolute Gasteiger partial charge is 0.331 e. The molecule has 94 valence electrons. The van der Waals surface area contributed by atoms with Gasteiger partial charge in [-0.05, 0) is 39.7 Å². The van der Waals surface area contributed by atoms with Crippen molar-refractivity contribution in [1.82, 2.24) is 4.90 Å². The lowest BCUT2D eigenvalue weighted by molar-refractivity contribution is -0.146. The van der Waals surface area contributed by atoms with Gasteiger partial charge in [0.25, 0.3) is 0 Å². The normalized spacial score (nSPS) is 21.6. The van der Waals surface area contributed by atoms with E-state index in [1.807, 2.05) is 0 Å². The highest BCUT2D eigenvalue weighted by Crippen LogP contribution is 2.22. The van der Waals surface area contributed by atoms with E-state index in [2.05, 4.69) is 23.5 Å². The first-order valence-corrected chi connectivity index (χ1v) is 6.05. The molecule has 1 heterocycles. The molecule has 0 radical (unpaired) electrons. The van der Waals surface area contributed by atoms with Crippen LogP contribution in [-0.4, -0.2) is 49.8 Å². The Morgan fingerprint density at radius 3 is 2.88 bits per heavy atom. The van der Waals surface area contributed by atoms with E-state index in [1.54, 1.807) is 0 Å². The molecule has 16 heavy (non-hydrogen) atoms. The molecular formula is C12H23NO3. The van der Waals surface area contributed by atoms with Crippen LogP contribution in [0.15, 0.2) is 0 Å². The van der Waals surface area contributed by atoms with Crippen molar-refractivity contribution >= 4 is 5.97 Å². The van der Waals surface area contributed by atoms with Gasteiger partial charge in [-0.25, -0.2) is 4.79 Å². The zero-order chi connectivity index (χ0) is 12.0. The molecule has 1 saturated heterocycles. The van der Waals surface area contributed by atoms with Gasteiger partial charge < -0.3 is 9.47 Å². The van der Waals surface area contributed by atoms with Crippen LogP contribution in [0.2, 0.25) is 0 Å². The highest BCUT2D eigenvalue weighted by Gasteiger charge is 2.25. The van der Waals surface area contributed by atoms with E-state index in [0.29, 0.717) is 18.7 Å². The highest BCUT2D eigenvalue weighted by molar-refractivity contribution is 5.70. The summed E-state index contributed by atoms with van der Waals surface area (Å²) in [4.78, 5) is 13.3. The Bertz CT molecular complexity index is 218. The quantitative estimate of drug-likeness (QED) is 0.510. The Labute approximate surface area is 97.9 Å². The average Bonchev–Trinajstić information content (AvgIpc) is 2.72. The first-order valence-electron chi connectivity index (χ1n) is 6.05. The molecule has 0 unspecified atom stereocenters. The molecule has 0 aromatic rings. The zero-order valence-corrected chi connectivity index (χ0v) is 10.6. The number of carbonyl (C=O) groups excluding carboxylic acids is 1. The Kier molecular flexibility index (Phi) is 5.77. The first kappa shape index (κ1) is 13.5. The number of carbonyl (C=O) groups is 1. The predicted octanol–water partition coefficient (Wildman–Crippen LogP) is 1.44. The van der Waals surface area contributed by atoms with Crippen molar-refractivity contribution in [1.29, 1.82) is 0 Å². The summed E-state index contributed by atoms with van der Waals surface area (Å²) < 4.78 is 9.78. The molecule has 0 spiro atoms. The Hall–Kier alpha value is -0.610. The second-order valence-electron chi connectivity index (χ2n) is 4.55. The fourth-order valence-electron chi connectivity index (χ4n) is 2.28. The summed E-state index contributed by atoms with van der Waals surface area (Å²) in [6.07, 6.45) is 3.54. The molecule has 0 aliphatic carbocycles. The number of methoxy groups -OCH3 is 1. The minimum atomic E-state index is -0.299. The van der Waals surface area contributed by atoms with Crippen molar-refractivity contribution in [3.63, 3.8) is 0 Å². The van der Waals surface area contributed by atoms with Crippen molar-refractivity contribution in [2.45, 2.75) is 45.2 Å². The van der Waals surface area contributed by atoms with Crippen LogP contribution in [0, 0.1) is 0 Å². The summed E-state index contributed by atoms with van der Waals surface area (Å²) in [5.74, 6) is -0.299. The fourth-order valence-corrected chi connectivity index (χ4v) is 2.28. The van der Waals surface area contributed by atoms with Crippen molar-refractivity contribution in [2.75, 3.05) is 26.9 Å². The lowest BCUT2D eigenvalue weighted by Gasteiger charge is -2.28. The monoisotopic (exact) mass is 229 g/mol. The van der Waals surface area contributed by atoms with Crippen LogP contribution in [0.5, 0.6) is 0 Å². The molecule has 0 N–H and O–H groups in total. The standard InChI is InChI=1S/C12H23NO3/c1-10(2)13-7-4-5-11(13)6-8-16-9-12(14)15-3/h10-11H,4-9H2,1-3H3/t11-/m0/s1. The maximum Gasteiger partial charge on any atom is 0.331 e. The number of hydrogen-bond acceptors (Lipinski definition) is 4. The average molecular weight is 229 g/mol. The summed E-state index contributed by atoms with van der Waals surface area (Å²) in [6, 6.07) is 1.23. The van der Waals surface area contributed by atoms with E-state index in [-0.39, 0.29) is 12.6 Å². The number of ether oxygens (including phenoxy) is 2. The van der Waals surface area contributed by atoms with Crippen molar-refractivity contribution < 1.29 is 14.3 Å². The number of hydrogen-bond donors (Lipinski definition) is 0. The highest BCUT2D eigenvalue weighted by atomic mass is 16.6. The lowest BCUT2D eigenvalue weighted by Crippen LogP contribution is -2.36. The predicted molar refractivity (Wildman–Crippen MR) is 62.3 cm³/mol. The third-order valence-corrected chi connectivity index (χ3v) is 3.13. The van der Waals surface area contributed by atoms with Gasteiger partial charge in [-0.3, -0.25) is 4.90 Å². The molecule has 0 amide bonds. The van der Waals surface area contributed by atoms with Crippen LogP contribution in [0.25, 0.3) is 0 Å². The first-order chi connectivity index (χ1) is 7.65. The number of nitrogens with zero attached hydrogens (tertiary/aromatic N) is 1. The van der Waals surface area contributed by atoms with E-state index in [9.17, 15) is 4.79 Å². The SMILES string of the molecule is COC(=O)COCC[C@@H]1CCCN1C(C)C. The summed E-state index contributed by atoms with van der Waals surface area (Å²) in [5, 5.41) is 0. The molecule has 0 saturated carbocycles. The molecule has 4 nitrogen and oxygen atoms in total. The Morgan fingerprint density at radius 1 is 1.50 bits per heavy atom. The van der Waals surface area contributed by atoms with Crippen molar-refractivity contribution in [2.24, 2.45) is 0 Å². The molecule has 1 rings (SSSR count). The maximum absolute atomic E-state index is 10.8. The van der Waals surface area contributed by atoms with Crippen LogP contribution >= 0.6 is 0 Å². The van der Waals surface area contributed by atoms with E-state index in [1.165, 1.54) is 26.5 Å². The molecule has 1 aliphatic rings. The van der Waals surface area contributed by atoms with Gasteiger partial charge >= 0.3 is 5.97 Å². The third-order valence-electron chi connectivity index (χ3n) is 3.13. The minimum Gasteiger partial charge on any atom is -0.467 e. The van der Waals surface area contributed by atoms with Gasteiger partial charge in [0.05, 0.1) is 7.11 Å². The van der Waals surface area contributed by atoms with Crippen LogP contribution in [-0.2, 0) is 14.3 Å². The van der Waals surface area contributed by atoms with Gasteiger partial charge in [0.1, 0.15) is 6.61 Å². The molecular weight excluding hydrogens is 206 g/mol. The van der Waals surface area contributed by atoms with Crippen LogP contribution < -0.4 is 0 Å². The van der Waals surface area contributed by atoms with Crippen LogP contribution in [0.1, 0.15) is 33.1 Å².